The van der Waals surface area contributed by atoms with Crippen LogP contribution in [0.4, 0.5) is 18.9 Å². The number of hydrogen-bond donors (Lipinski definition) is 2. The molecule has 1 fully saturated rings. The van der Waals surface area contributed by atoms with Crippen molar-refractivity contribution in [1.29, 1.82) is 0 Å². The molecule has 178 valence electrons. The number of sulfonamides is 1. The fourth-order valence-electron chi connectivity index (χ4n) is 3.28. The minimum Gasteiger partial charge on any atom is -0.340 e. The fraction of sp³-hybridized carbons (Fsp3) is 0.333. The number of rotatable bonds is 7. The highest BCUT2D eigenvalue weighted by Crippen LogP contribution is 2.30. The van der Waals surface area contributed by atoms with E-state index in [9.17, 15) is 31.2 Å². The van der Waals surface area contributed by atoms with Gasteiger partial charge in [-0.05, 0) is 30.3 Å². The van der Waals surface area contributed by atoms with Crippen LogP contribution in [0, 0.1) is 0 Å². The average molecular weight is 485 g/mol. The third-order valence-electron chi connectivity index (χ3n) is 5.07. The Morgan fingerprint density at radius 2 is 1.58 bits per heavy atom. The first kappa shape index (κ1) is 24.5. The lowest BCUT2D eigenvalue weighted by molar-refractivity contribution is -0.137. The van der Waals surface area contributed by atoms with Crippen molar-refractivity contribution in [2.75, 3.05) is 31.6 Å². The molecule has 1 heterocycles. The summed E-state index contributed by atoms with van der Waals surface area (Å²) in [5, 5.41) is 0. The van der Waals surface area contributed by atoms with E-state index >= 15 is 0 Å². The summed E-state index contributed by atoms with van der Waals surface area (Å²) in [5.74, 6) is -0.868. The first-order valence-electron chi connectivity index (χ1n) is 10.1. The van der Waals surface area contributed by atoms with Crippen LogP contribution in [0.3, 0.4) is 0 Å². The Bertz CT molecular complexity index is 1090. The van der Waals surface area contributed by atoms with Crippen molar-refractivity contribution in [3.05, 3.63) is 60.2 Å². The van der Waals surface area contributed by atoms with E-state index in [1.165, 1.54) is 33.5 Å². The minimum absolute atomic E-state index is 0.0558. The van der Waals surface area contributed by atoms with Gasteiger partial charge in [0.25, 0.3) is 0 Å². The number of amides is 2. The van der Waals surface area contributed by atoms with Crippen molar-refractivity contribution >= 4 is 27.5 Å². The van der Waals surface area contributed by atoms with Gasteiger partial charge in [-0.2, -0.15) is 17.5 Å². The van der Waals surface area contributed by atoms with Crippen LogP contribution in [0.15, 0.2) is 59.5 Å². The minimum atomic E-state index is -4.50. The number of halogens is 3. The zero-order chi connectivity index (χ0) is 24.1. The molecule has 0 spiro atoms. The summed E-state index contributed by atoms with van der Waals surface area (Å²) >= 11 is 0. The molecular formula is C21H23F3N4O4S. The summed E-state index contributed by atoms with van der Waals surface area (Å²) < 4.78 is 64.8. The smallest absolute Gasteiger partial charge is 0.340 e. The second-order valence-electron chi connectivity index (χ2n) is 7.35. The largest absolute Gasteiger partial charge is 0.416 e. The second-order valence-corrected chi connectivity index (χ2v) is 9.29. The van der Waals surface area contributed by atoms with Crippen molar-refractivity contribution in [1.82, 2.24) is 14.6 Å². The molecular weight excluding hydrogens is 461 g/mol. The van der Waals surface area contributed by atoms with Crippen LogP contribution in [0.25, 0.3) is 0 Å². The Balaban J connectivity index is 1.43. The standard InChI is InChI=1S/C21H23F3N4O4S/c22-21(23,24)16-5-4-6-17(15-16)25-26-19(29)9-10-20(30)27-11-13-28(14-12-27)33(31,32)18-7-2-1-3-8-18/h1-8,15,25H,9-14H2,(H,26,29). The summed E-state index contributed by atoms with van der Waals surface area (Å²) in [6.07, 6.45) is -4.78. The molecule has 2 amide bonds. The molecule has 2 aromatic carbocycles. The van der Waals surface area contributed by atoms with Gasteiger partial charge in [-0.1, -0.05) is 24.3 Å². The maximum Gasteiger partial charge on any atom is 0.416 e. The number of carbonyl (C=O) groups is 2. The lowest BCUT2D eigenvalue weighted by Gasteiger charge is -2.34. The highest BCUT2D eigenvalue weighted by atomic mass is 32.2. The second kappa shape index (κ2) is 10.2. The van der Waals surface area contributed by atoms with E-state index in [1.807, 2.05) is 0 Å². The summed E-state index contributed by atoms with van der Waals surface area (Å²) in [6, 6.07) is 12.4. The Hall–Kier alpha value is -3.12. The number of alkyl halides is 3. The fourth-order valence-corrected chi connectivity index (χ4v) is 4.72. The number of hydrogen-bond acceptors (Lipinski definition) is 5. The third kappa shape index (κ3) is 6.45. The maximum atomic E-state index is 12.7. The van der Waals surface area contributed by atoms with Crippen molar-refractivity contribution in [3.63, 3.8) is 0 Å². The molecule has 2 aromatic rings. The molecule has 0 aliphatic carbocycles. The summed E-state index contributed by atoms with van der Waals surface area (Å²) in [6.45, 7) is 0.697. The number of nitrogens with zero attached hydrogens (tertiary/aromatic N) is 2. The van der Waals surface area contributed by atoms with Gasteiger partial charge >= 0.3 is 6.18 Å². The molecule has 0 unspecified atom stereocenters. The van der Waals surface area contributed by atoms with Crippen LogP contribution >= 0.6 is 0 Å². The predicted octanol–water partition coefficient (Wildman–Crippen LogP) is 2.46. The van der Waals surface area contributed by atoms with E-state index in [0.717, 1.165) is 12.1 Å². The van der Waals surface area contributed by atoms with E-state index in [2.05, 4.69) is 10.9 Å². The van der Waals surface area contributed by atoms with Crippen LogP contribution in [0.2, 0.25) is 0 Å². The van der Waals surface area contributed by atoms with Crippen molar-refractivity contribution < 1.29 is 31.2 Å². The molecule has 0 aromatic heterocycles. The van der Waals surface area contributed by atoms with Crippen LogP contribution in [-0.2, 0) is 25.8 Å². The number of carbonyl (C=O) groups excluding carboxylic acids is 2. The molecule has 0 atom stereocenters. The van der Waals surface area contributed by atoms with Gasteiger partial charge in [-0.15, -0.1) is 0 Å². The highest BCUT2D eigenvalue weighted by Gasteiger charge is 2.31. The van der Waals surface area contributed by atoms with Crippen molar-refractivity contribution in [3.8, 4) is 0 Å². The van der Waals surface area contributed by atoms with E-state index < -0.39 is 27.7 Å². The number of benzene rings is 2. The van der Waals surface area contributed by atoms with Crippen LogP contribution < -0.4 is 10.9 Å². The lowest BCUT2D eigenvalue weighted by Crippen LogP contribution is -2.50. The first-order valence-corrected chi connectivity index (χ1v) is 11.6. The molecule has 0 saturated carbocycles. The SMILES string of the molecule is O=C(CCC(=O)N1CCN(S(=O)(=O)c2ccccc2)CC1)NNc1cccc(C(F)(F)F)c1. The summed E-state index contributed by atoms with van der Waals surface area (Å²) in [4.78, 5) is 26.0. The van der Waals surface area contributed by atoms with Gasteiger partial charge in [0.2, 0.25) is 21.8 Å². The summed E-state index contributed by atoms with van der Waals surface area (Å²) in [5.41, 5.74) is 3.87. The van der Waals surface area contributed by atoms with Gasteiger partial charge in [0.1, 0.15) is 0 Å². The first-order chi connectivity index (χ1) is 15.6. The van der Waals surface area contributed by atoms with Gasteiger partial charge in [0.15, 0.2) is 0 Å². The molecule has 1 aliphatic heterocycles. The molecule has 3 rings (SSSR count). The number of hydrazine groups is 1. The number of anilines is 1. The van der Waals surface area contributed by atoms with E-state index in [-0.39, 0.29) is 55.5 Å². The van der Waals surface area contributed by atoms with Crippen molar-refractivity contribution in [2.24, 2.45) is 0 Å². The summed E-state index contributed by atoms with van der Waals surface area (Å²) in [7, 11) is -3.63. The zero-order valence-corrected chi connectivity index (χ0v) is 18.3. The highest BCUT2D eigenvalue weighted by molar-refractivity contribution is 7.89. The van der Waals surface area contributed by atoms with Gasteiger partial charge in [0, 0.05) is 39.0 Å². The Morgan fingerprint density at radius 3 is 2.21 bits per heavy atom. The molecule has 33 heavy (non-hydrogen) atoms. The van der Waals surface area contributed by atoms with E-state index in [4.69, 9.17) is 0 Å². The molecule has 1 saturated heterocycles. The van der Waals surface area contributed by atoms with Gasteiger partial charge in [0.05, 0.1) is 16.1 Å². The number of nitrogens with one attached hydrogen (secondary N) is 2. The van der Waals surface area contributed by atoms with Gasteiger partial charge < -0.3 is 4.90 Å². The molecule has 8 nitrogen and oxygen atoms in total. The van der Waals surface area contributed by atoms with E-state index in [1.54, 1.807) is 18.2 Å². The van der Waals surface area contributed by atoms with Gasteiger partial charge in [-0.25, -0.2) is 8.42 Å². The maximum absolute atomic E-state index is 12.7. The normalized spacial score (nSPS) is 15.2. The topological polar surface area (TPSA) is 98.8 Å². The Labute approximate surface area is 189 Å². The van der Waals surface area contributed by atoms with Gasteiger partial charge in [-0.3, -0.25) is 20.4 Å². The Kier molecular flexibility index (Phi) is 7.59. The lowest BCUT2D eigenvalue weighted by atomic mass is 10.2. The molecule has 2 N–H and O–H groups in total. The average Bonchev–Trinajstić information content (AvgIpc) is 2.81. The molecule has 12 heteroatoms. The van der Waals surface area contributed by atoms with Crippen LogP contribution in [0.1, 0.15) is 18.4 Å². The Morgan fingerprint density at radius 1 is 0.909 bits per heavy atom. The monoisotopic (exact) mass is 484 g/mol. The molecule has 1 aliphatic rings. The van der Waals surface area contributed by atoms with Crippen molar-refractivity contribution in [2.45, 2.75) is 23.9 Å². The zero-order valence-electron chi connectivity index (χ0n) is 17.5. The predicted molar refractivity (Wildman–Crippen MR) is 114 cm³/mol. The van der Waals surface area contributed by atoms with Crippen LogP contribution in [0.5, 0.6) is 0 Å². The number of piperazine rings is 1. The van der Waals surface area contributed by atoms with E-state index in [0.29, 0.717) is 0 Å². The van der Waals surface area contributed by atoms with Crippen LogP contribution in [-0.4, -0.2) is 55.6 Å². The quantitative estimate of drug-likeness (QED) is 0.589. The molecule has 0 bridgehead atoms. The molecule has 0 radical (unpaired) electrons. The third-order valence-corrected chi connectivity index (χ3v) is 6.99.